The number of fused-ring (bicyclic) bond motifs is 1. The molecule has 0 aliphatic heterocycles. The summed E-state index contributed by atoms with van der Waals surface area (Å²) in [6, 6.07) is 8.22. The third-order valence-corrected chi connectivity index (χ3v) is 3.73. The topological polar surface area (TPSA) is 66.8 Å². The number of nitrogens with zero attached hydrogens (tertiary/aromatic N) is 4. The second kappa shape index (κ2) is 5.29. The summed E-state index contributed by atoms with van der Waals surface area (Å²) in [6.07, 6.45) is 0.590. The molecule has 6 nitrogen and oxygen atoms in total. The molecule has 1 N–H and O–H groups in total. The predicted molar refractivity (Wildman–Crippen MR) is 87.4 cm³/mol. The number of benzene rings is 1. The van der Waals surface area contributed by atoms with Crippen LogP contribution < -0.4 is 10.5 Å². The lowest BCUT2D eigenvalue weighted by atomic mass is 10.1. The molecule has 0 fully saturated rings. The Balaban J connectivity index is 1.97. The van der Waals surface area contributed by atoms with E-state index in [-0.39, 0.29) is 5.56 Å². The van der Waals surface area contributed by atoms with E-state index in [0.717, 1.165) is 16.9 Å². The average molecular weight is 297 g/mol. The molecule has 114 valence electrons. The molecule has 6 heteroatoms. The summed E-state index contributed by atoms with van der Waals surface area (Å²) in [5.41, 5.74) is 4.06. The van der Waals surface area contributed by atoms with Gasteiger partial charge in [0.15, 0.2) is 5.52 Å². The highest BCUT2D eigenvalue weighted by atomic mass is 16.1. The number of hydrogen-bond acceptors (Lipinski definition) is 4. The molecule has 2 aromatic heterocycles. The number of anilines is 1. The van der Waals surface area contributed by atoms with E-state index in [9.17, 15) is 4.79 Å². The molecular weight excluding hydrogens is 278 g/mol. The molecule has 0 aliphatic rings. The fourth-order valence-corrected chi connectivity index (χ4v) is 2.58. The lowest BCUT2D eigenvalue weighted by molar-refractivity contribution is 0.778. The van der Waals surface area contributed by atoms with Gasteiger partial charge >= 0.3 is 0 Å². The van der Waals surface area contributed by atoms with Gasteiger partial charge in [0.1, 0.15) is 11.3 Å². The van der Waals surface area contributed by atoms with E-state index in [1.54, 1.807) is 11.7 Å². The van der Waals surface area contributed by atoms with Crippen LogP contribution in [0.15, 0.2) is 29.1 Å². The van der Waals surface area contributed by atoms with Gasteiger partial charge < -0.3 is 9.88 Å². The molecule has 2 heterocycles. The van der Waals surface area contributed by atoms with E-state index in [1.165, 1.54) is 0 Å². The summed E-state index contributed by atoms with van der Waals surface area (Å²) in [4.78, 5) is 21.7. The zero-order chi connectivity index (χ0) is 15.9. The zero-order valence-corrected chi connectivity index (χ0v) is 13.2. The van der Waals surface area contributed by atoms with Crippen LogP contribution in [-0.2, 0) is 13.5 Å². The Hall–Kier alpha value is -2.63. The van der Waals surface area contributed by atoms with Crippen LogP contribution in [0.2, 0.25) is 0 Å². The minimum atomic E-state index is -0.145. The van der Waals surface area contributed by atoms with E-state index in [0.29, 0.717) is 23.3 Å². The van der Waals surface area contributed by atoms with Gasteiger partial charge in [-0.05, 0) is 24.6 Å². The highest BCUT2D eigenvalue weighted by molar-refractivity contribution is 5.76. The minimum absolute atomic E-state index is 0.145. The van der Waals surface area contributed by atoms with Crippen molar-refractivity contribution in [3.63, 3.8) is 0 Å². The molecule has 0 unspecified atom stereocenters. The molecule has 22 heavy (non-hydrogen) atoms. The second-order valence-electron chi connectivity index (χ2n) is 5.66. The highest BCUT2D eigenvalue weighted by Crippen LogP contribution is 2.15. The summed E-state index contributed by atoms with van der Waals surface area (Å²) in [5.74, 6) is 0.659. The Morgan fingerprint density at radius 1 is 1.23 bits per heavy atom. The van der Waals surface area contributed by atoms with Crippen molar-refractivity contribution in [1.29, 1.82) is 0 Å². The SMILES string of the molecule is Cc1nn(C)c2c(=O)[nH]c(Cc3ccc(N(C)C)cc3)nc12. The number of aryl methyl sites for hydroxylation is 2. The monoisotopic (exact) mass is 297 g/mol. The number of H-pyrrole nitrogens is 1. The van der Waals surface area contributed by atoms with Crippen molar-refractivity contribution in [2.45, 2.75) is 13.3 Å². The standard InChI is InChI=1S/C16H19N5O/c1-10-14-15(21(4)19-10)16(22)18-13(17-14)9-11-5-7-12(8-6-11)20(2)3/h5-8H,9H2,1-4H3,(H,17,18,22). The number of aromatic nitrogens is 4. The van der Waals surface area contributed by atoms with Gasteiger partial charge in [-0.3, -0.25) is 9.48 Å². The molecular formula is C16H19N5O. The van der Waals surface area contributed by atoms with Crippen molar-refractivity contribution in [2.75, 3.05) is 19.0 Å². The van der Waals surface area contributed by atoms with Crippen molar-refractivity contribution >= 4 is 16.7 Å². The van der Waals surface area contributed by atoms with Crippen LogP contribution in [0, 0.1) is 6.92 Å². The minimum Gasteiger partial charge on any atom is -0.378 e. The molecule has 0 radical (unpaired) electrons. The first-order valence-corrected chi connectivity index (χ1v) is 7.14. The predicted octanol–water partition coefficient (Wildman–Crippen LogP) is 1.62. The van der Waals surface area contributed by atoms with Crippen molar-refractivity contribution in [1.82, 2.24) is 19.7 Å². The lowest BCUT2D eigenvalue weighted by Crippen LogP contribution is -2.14. The molecule has 0 saturated carbocycles. The van der Waals surface area contributed by atoms with Gasteiger partial charge in [-0.25, -0.2) is 4.98 Å². The van der Waals surface area contributed by atoms with Crippen molar-refractivity contribution < 1.29 is 0 Å². The summed E-state index contributed by atoms with van der Waals surface area (Å²) >= 11 is 0. The molecule has 0 amide bonds. The molecule has 3 rings (SSSR count). The van der Waals surface area contributed by atoms with Gasteiger partial charge in [-0.15, -0.1) is 0 Å². The average Bonchev–Trinajstić information content (AvgIpc) is 2.74. The third-order valence-electron chi connectivity index (χ3n) is 3.73. The quantitative estimate of drug-likeness (QED) is 0.798. The van der Waals surface area contributed by atoms with Crippen LogP contribution in [0.1, 0.15) is 17.1 Å². The van der Waals surface area contributed by atoms with Gasteiger partial charge in [0.05, 0.1) is 5.69 Å². The van der Waals surface area contributed by atoms with E-state index < -0.39 is 0 Å². The molecule has 0 saturated heterocycles. The first-order valence-electron chi connectivity index (χ1n) is 7.14. The molecule has 0 bridgehead atoms. The Morgan fingerprint density at radius 2 is 1.91 bits per heavy atom. The fraction of sp³-hybridized carbons (Fsp3) is 0.312. The van der Waals surface area contributed by atoms with Crippen LogP contribution in [0.4, 0.5) is 5.69 Å². The first kappa shape index (κ1) is 14.3. The maximum atomic E-state index is 12.2. The summed E-state index contributed by atoms with van der Waals surface area (Å²) in [7, 11) is 5.77. The van der Waals surface area contributed by atoms with Gasteiger partial charge in [-0.2, -0.15) is 5.10 Å². The fourth-order valence-electron chi connectivity index (χ4n) is 2.58. The van der Waals surface area contributed by atoms with E-state index in [4.69, 9.17) is 0 Å². The molecule has 0 spiro atoms. The Morgan fingerprint density at radius 3 is 2.55 bits per heavy atom. The van der Waals surface area contributed by atoms with E-state index in [1.807, 2.05) is 21.0 Å². The maximum Gasteiger partial charge on any atom is 0.277 e. The maximum absolute atomic E-state index is 12.2. The Bertz CT molecular complexity index is 874. The highest BCUT2D eigenvalue weighted by Gasteiger charge is 2.12. The summed E-state index contributed by atoms with van der Waals surface area (Å²) < 4.78 is 1.58. The van der Waals surface area contributed by atoms with Crippen molar-refractivity contribution in [3.8, 4) is 0 Å². The number of rotatable bonds is 3. The first-order chi connectivity index (χ1) is 10.5. The van der Waals surface area contributed by atoms with Crippen LogP contribution in [-0.4, -0.2) is 33.8 Å². The van der Waals surface area contributed by atoms with Gasteiger partial charge in [0, 0.05) is 33.3 Å². The Labute approximate surface area is 128 Å². The van der Waals surface area contributed by atoms with Gasteiger partial charge in [-0.1, -0.05) is 12.1 Å². The van der Waals surface area contributed by atoms with E-state index in [2.05, 4.69) is 44.2 Å². The van der Waals surface area contributed by atoms with Crippen LogP contribution in [0.25, 0.3) is 11.0 Å². The van der Waals surface area contributed by atoms with Crippen molar-refractivity contribution in [2.24, 2.45) is 7.05 Å². The lowest BCUT2D eigenvalue weighted by Gasteiger charge is -2.12. The number of hydrogen-bond donors (Lipinski definition) is 1. The van der Waals surface area contributed by atoms with Gasteiger partial charge in [0.25, 0.3) is 5.56 Å². The molecule has 0 atom stereocenters. The summed E-state index contributed by atoms with van der Waals surface area (Å²) in [6.45, 7) is 1.87. The normalized spacial score (nSPS) is 11.1. The van der Waals surface area contributed by atoms with Crippen LogP contribution in [0.5, 0.6) is 0 Å². The zero-order valence-electron chi connectivity index (χ0n) is 13.2. The smallest absolute Gasteiger partial charge is 0.277 e. The van der Waals surface area contributed by atoms with Gasteiger partial charge in [0.2, 0.25) is 0 Å². The molecule has 3 aromatic rings. The number of aromatic amines is 1. The van der Waals surface area contributed by atoms with E-state index >= 15 is 0 Å². The second-order valence-corrected chi connectivity index (χ2v) is 5.66. The van der Waals surface area contributed by atoms with Crippen molar-refractivity contribution in [3.05, 3.63) is 51.7 Å². The Kier molecular flexibility index (Phi) is 3.44. The molecule has 0 aliphatic carbocycles. The molecule has 1 aromatic carbocycles. The third kappa shape index (κ3) is 2.47. The number of nitrogens with one attached hydrogen (secondary N) is 1. The van der Waals surface area contributed by atoms with Crippen LogP contribution in [0.3, 0.4) is 0 Å². The van der Waals surface area contributed by atoms with Crippen LogP contribution >= 0.6 is 0 Å². The largest absolute Gasteiger partial charge is 0.378 e. The summed E-state index contributed by atoms with van der Waals surface area (Å²) in [5, 5.41) is 4.26.